The molecule has 2 aromatic rings. The molecule has 27 heavy (non-hydrogen) atoms. The van der Waals surface area contributed by atoms with Crippen molar-refractivity contribution in [2.24, 2.45) is 5.41 Å². The number of carbonyl (C=O) groups excluding carboxylic acids is 1. The SMILES string of the molecule is Cc1nc(C2CCCN(C(=O)NCC3(COc4ccccc4)CC3)C2)n[nH]1. The monoisotopic (exact) mass is 369 g/mol. The van der Waals surface area contributed by atoms with E-state index in [9.17, 15) is 4.79 Å². The van der Waals surface area contributed by atoms with E-state index < -0.39 is 0 Å². The standard InChI is InChI=1S/C20H27N5O2/c1-15-22-18(24-23-15)16-6-5-11-25(12-16)19(26)21-13-20(9-10-20)14-27-17-7-3-2-4-8-17/h2-4,7-8,16H,5-6,9-14H2,1H3,(H,21,26)(H,22,23,24). The molecule has 2 N–H and O–H groups in total. The Morgan fingerprint density at radius 2 is 2.19 bits per heavy atom. The number of amides is 2. The number of benzene rings is 1. The largest absolute Gasteiger partial charge is 0.493 e. The molecular weight excluding hydrogens is 342 g/mol. The van der Waals surface area contributed by atoms with E-state index in [1.807, 2.05) is 42.2 Å². The first kappa shape index (κ1) is 17.8. The van der Waals surface area contributed by atoms with Gasteiger partial charge in [-0.2, -0.15) is 5.10 Å². The number of H-pyrrole nitrogens is 1. The number of aromatic amines is 1. The summed E-state index contributed by atoms with van der Waals surface area (Å²) in [5, 5.41) is 10.3. The minimum atomic E-state index is 0.0120. The number of carbonyl (C=O) groups is 1. The van der Waals surface area contributed by atoms with Crippen LogP contribution in [0.25, 0.3) is 0 Å². The van der Waals surface area contributed by atoms with Crippen molar-refractivity contribution in [3.05, 3.63) is 42.0 Å². The summed E-state index contributed by atoms with van der Waals surface area (Å²) in [6.07, 6.45) is 4.20. The van der Waals surface area contributed by atoms with Crippen LogP contribution in [0.2, 0.25) is 0 Å². The van der Waals surface area contributed by atoms with Crippen molar-refractivity contribution in [3.63, 3.8) is 0 Å². The maximum Gasteiger partial charge on any atom is 0.317 e. The summed E-state index contributed by atoms with van der Waals surface area (Å²) in [7, 11) is 0. The van der Waals surface area contributed by atoms with Crippen LogP contribution in [0.3, 0.4) is 0 Å². The highest BCUT2D eigenvalue weighted by atomic mass is 16.5. The summed E-state index contributed by atoms with van der Waals surface area (Å²) >= 11 is 0. The maximum absolute atomic E-state index is 12.7. The van der Waals surface area contributed by atoms with Crippen molar-refractivity contribution in [1.82, 2.24) is 25.4 Å². The van der Waals surface area contributed by atoms with Gasteiger partial charge in [0.2, 0.25) is 0 Å². The van der Waals surface area contributed by atoms with Crippen molar-refractivity contribution in [3.8, 4) is 5.75 Å². The minimum absolute atomic E-state index is 0.0120. The molecule has 7 nitrogen and oxygen atoms in total. The molecule has 1 saturated carbocycles. The zero-order chi connectivity index (χ0) is 18.7. The molecule has 1 aromatic heterocycles. The van der Waals surface area contributed by atoms with E-state index in [4.69, 9.17) is 4.74 Å². The fraction of sp³-hybridized carbons (Fsp3) is 0.550. The molecule has 0 spiro atoms. The second kappa shape index (κ2) is 7.58. The molecule has 2 aliphatic rings. The smallest absolute Gasteiger partial charge is 0.317 e. The number of para-hydroxylation sites is 1. The van der Waals surface area contributed by atoms with Crippen molar-refractivity contribution in [2.75, 3.05) is 26.2 Å². The lowest BCUT2D eigenvalue weighted by Crippen LogP contribution is -2.47. The van der Waals surface area contributed by atoms with Gasteiger partial charge in [0.05, 0.1) is 6.61 Å². The number of hydrogen-bond donors (Lipinski definition) is 2. The predicted molar refractivity (Wildman–Crippen MR) is 102 cm³/mol. The normalized spacial score (nSPS) is 20.9. The highest BCUT2D eigenvalue weighted by Crippen LogP contribution is 2.45. The third-order valence-corrected chi connectivity index (χ3v) is 5.55. The first-order valence-electron chi connectivity index (χ1n) is 9.73. The van der Waals surface area contributed by atoms with Gasteiger partial charge >= 0.3 is 6.03 Å². The van der Waals surface area contributed by atoms with E-state index in [2.05, 4.69) is 20.5 Å². The Morgan fingerprint density at radius 3 is 2.89 bits per heavy atom. The average Bonchev–Trinajstić information content (AvgIpc) is 3.36. The Labute approximate surface area is 159 Å². The second-order valence-corrected chi connectivity index (χ2v) is 7.82. The second-order valence-electron chi connectivity index (χ2n) is 7.82. The zero-order valence-electron chi connectivity index (χ0n) is 15.8. The number of aromatic nitrogens is 3. The first-order chi connectivity index (χ1) is 13.1. The Hall–Kier alpha value is -2.57. The number of rotatable bonds is 6. The maximum atomic E-state index is 12.7. The lowest BCUT2D eigenvalue weighted by molar-refractivity contribution is 0.171. The van der Waals surface area contributed by atoms with Crippen LogP contribution in [0.15, 0.2) is 30.3 Å². The van der Waals surface area contributed by atoms with Crippen LogP contribution in [0.5, 0.6) is 5.75 Å². The van der Waals surface area contributed by atoms with Gasteiger partial charge in [0.15, 0.2) is 5.82 Å². The summed E-state index contributed by atoms with van der Waals surface area (Å²) in [6.45, 7) is 4.68. The summed E-state index contributed by atoms with van der Waals surface area (Å²) in [5.41, 5.74) is 0.0849. The van der Waals surface area contributed by atoms with Crippen molar-refractivity contribution >= 4 is 6.03 Å². The fourth-order valence-electron chi connectivity index (χ4n) is 3.59. The zero-order valence-corrected chi connectivity index (χ0v) is 15.8. The van der Waals surface area contributed by atoms with E-state index >= 15 is 0 Å². The molecule has 1 aromatic carbocycles. The topological polar surface area (TPSA) is 83.1 Å². The predicted octanol–water partition coefficient (Wildman–Crippen LogP) is 2.86. The molecule has 0 bridgehead atoms. The molecule has 7 heteroatoms. The van der Waals surface area contributed by atoms with E-state index in [0.717, 1.165) is 49.6 Å². The molecule has 1 aliphatic heterocycles. The minimum Gasteiger partial charge on any atom is -0.493 e. The summed E-state index contributed by atoms with van der Waals surface area (Å²) in [4.78, 5) is 19.0. The molecular formula is C20H27N5O2. The number of piperidine rings is 1. The van der Waals surface area contributed by atoms with Crippen LogP contribution in [0, 0.1) is 12.3 Å². The Balaban J connectivity index is 1.26. The van der Waals surface area contributed by atoms with Crippen molar-refractivity contribution < 1.29 is 9.53 Å². The van der Waals surface area contributed by atoms with Crippen LogP contribution in [0.4, 0.5) is 4.79 Å². The Bertz CT molecular complexity index is 772. The Kier molecular flexibility index (Phi) is 5.01. The third kappa shape index (κ3) is 4.40. The molecule has 0 radical (unpaired) electrons. The highest BCUT2D eigenvalue weighted by molar-refractivity contribution is 5.74. The number of aryl methyl sites for hydroxylation is 1. The molecule has 1 saturated heterocycles. The van der Waals surface area contributed by atoms with Crippen molar-refractivity contribution in [1.29, 1.82) is 0 Å². The van der Waals surface area contributed by atoms with E-state index in [1.54, 1.807) is 0 Å². The summed E-state index contributed by atoms with van der Waals surface area (Å²) in [5.74, 6) is 2.74. The number of nitrogens with zero attached hydrogens (tertiary/aromatic N) is 3. The lowest BCUT2D eigenvalue weighted by atomic mass is 9.97. The quantitative estimate of drug-likeness (QED) is 0.820. The molecule has 1 aliphatic carbocycles. The third-order valence-electron chi connectivity index (χ3n) is 5.55. The van der Waals surface area contributed by atoms with Gasteiger partial charge < -0.3 is 15.0 Å². The van der Waals surface area contributed by atoms with Crippen molar-refractivity contribution in [2.45, 2.75) is 38.5 Å². The number of nitrogens with one attached hydrogen (secondary N) is 2. The van der Waals surface area contributed by atoms with Gasteiger partial charge in [-0.25, -0.2) is 9.78 Å². The van der Waals surface area contributed by atoms with Crippen LogP contribution in [0.1, 0.15) is 43.3 Å². The van der Waals surface area contributed by atoms with Gasteiger partial charge in [0.1, 0.15) is 11.6 Å². The van der Waals surface area contributed by atoms with Crippen LogP contribution >= 0.6 is 0 Å². The number of hydrogen-bond acceptors (Lipinski definition) is 4. The number of likely N-dealkylation sites (tertiary alicyclic amines) is 1. The molecule has 4 rings (SSSR count). The molecule has 2 heterocycles. The van der Waals surface area contributed by atoms with Crippen LogP contribution < -0.4 is 10.1 Å². The number of urea groups is 1. The van der Waals surface area contributed by atoms with E-state index in [1.165, 1.54) is 0 Å². The van der Waals surface area contributed by atoms with Gasteiger partial charge in [0, 0.05) is 31.0 Å². The van der Waals surface area contributed by atoms with Gasteiger partial charge in [-0.15, -0.1) is 0 Å². The van der Waals surface area contributed by atoms with Gasteiger partial charge in [-0.1, -0.05) is 18.2 Å². The average molecular weight is 369 g/mol. The van der Waals surface area contributed by atoms with E-state index in [0.29, 0.717) is 19.7 Å². The van der Waals surface area contributed by atoms with Crippen LogP contribution in [-0.4, -0.2) is 52.4 Å². The summed E-state index contributed by atoms with van der Waals surface area (Å²) < 4.78 is 5.90. The summed E-state index contributed by atoms with van der Waals surface area (Å²) in [6, 6.07) is 9.86. The number of ether oxygens (including phenoxy) is 1. The molecule has 2 amide bonds. The van der Waals surface area contributed by atoms with Gasteiger partial charge in [-0.3, -0.25) is 5.10 Å². The Morgan fingerprint density at radius 1 is 1.37 bits per heavy atom. The van der Waals surface area contributed by atoms with Crippen LogP contribution in [-0.2, 0) is 0 Å². The highest BCUT2D eigenvalue weighted by Gasteiger charge is 2.44. The molecule has 1 unspecified atom stereocenters. The van der Waals surface area contributed by atoms with Gasteiger partial charge in [0.25, 0.3) is 0 Å². The van der Waals surface area contributed by atoms with Gasteiger partial charge in [-0.05, 0) is 44.7 Å². The lowest BCUT2D eigenvalue weighted by Gasteiger charge is -2.32. The first-order valence-corrected chi connectivity index (χ1v) is 9.73. The van der Waals surface area contributed by atoms with E-state index in [-0.39, 0.29) is 17.4 Å². The molecule has 2 fully saturated rings. The fourth-order valence-corrected chi connectivity index (χ4v) is 3.59. The molecule has 1 atom stereocenters. The molecule has 144 valence electrons.